The molecule has 0 spiro atoms. The Morgan fingerprint density at radius 2 is 2.22 bits per heavy atom. The van der Waals surface area contributed by atoms with Crippen molar-refractivity contribution in [1.29, 1.82) is 0 Å². The summed E-state index contributed by atoms with van der Waals surface area (Å²) in [5.41, 5.74) is 0.642. The largest absolute Gasteiger partial charge is 0.434 e. The first kappa shape index (κ1) is 13.2. The van der Waals surface area contributed by atoms with Gasteiger partial charge in [0, 0.05) is 24.3 Å². The van der Waals surface area contributed by atoms with Gasteiger partial charge in [-0.25, -0.2) is 0 Å². The van der Waals surface area contributed by atoms with Crippen LogP contribution in [0.2, 0.25) is 0 Å². The Labute approximate surface area is 105 Å². The van der Waals surface area contributed by atoms with Crippen LogP contribution in [0.3, 0.4) is 0 Å². The summed E-state index contributed by atoms with van der Waals surface area (Å²) in [6, 6.07) is 6.82. The van der Waals surface area contributed by atoms with Crippen LogP contribution < -0.4 is 10.1 Å². The fraction of sp³-hybridized carbons (Fsp3) is 0.538. The maximum absolute atomic E-state index is 12.3. The molecule has 1 aliphatic rings. The predicted octanol–water partition coefficient (Wildman–Crippen LogP) is 2.56. The van der Waals surface area contributed by atoms with E-state index in [0.29, 0.717) is 13.2 Å². The Kier molecular flexibility index (Phi) is 4.14. The normalized spacial score (nSPS) is 23.6. The van der Waals surface area contributed by atoms with Crippen molar-refractivity contribution in [2.45, 2.75) is 32.0 Å². The molecule has 2 rings (SSSR count). The Hall–Kier alpha value is -1.20. The van der Waals surface area contributed by atoms with E-state index in [4.69, 9.17) is 4.74 Å². The molecule has 0 aliphatic carbocycles. The van der Waals surface area contributed by atoms with Gasteiger partial charge in [-0.1, -0.05) is 18.2 Å². The van der Waals surface area contributed by atoms with E-state index in [0.717, 1.165) is 18.6 Å². The molecule has 0 radical (unpaired) electrons. The lowest BCUT2D eigenvalue weighted by atomic mass is 10.0. The van der Waals surface area contributed by atoms with Crippen LogP contribution in [0, 0.1) is 0 Å². The number of hydrogen-bond donors (Lipinski definition) is 1. The van der Waals surface area contributed by atoms with Crippen molar-refractivity contribution in [2.75, 3.05) is 13.2 Å². The molecule has 1 unspecified atom stereocenters. The molecule has 1 fully saturated rings. The summed E-state index contributed by atoms with van der Waals surface area (Å²) < 4.78 is 34.3. The molecule has 1 aromatic carbocycles. The molecule has 1 aromatic rings. The molecular formula is C13H17F2NO2. The number of benzene rings is 1. The third-order valence-corrected chi connectivity index (χ3v) is 3.11. The van der Waals surface area contributed by atoms with Gasteiger partial charge in [-0.3, -0.25) is 0 Å². The van der Waals surface area contributed by atoms with Gasteiger partial charge in [0.05, 0.1) is 6.61 Å². The van der Waals surface area contributed by atoms with E-state index in [1.54, 1.807) is 18.2 Å². The molecule has 3 nitrogen and oxygen atoms in total. The third kappa shape index (κ3) is 3.40. The van der Waals surface area contributed by atoms with E-state index in [1.165, 1.54) is 0 Å². The van der Waals surface area contributed by atoms with Gasteiger partial charge in [0.2, 0.25) is 0 Å². The van der Waals surface area contributed by atoms with E-state index in [-0.39, 0.29) is 11.3 Å². The summed E-state index contributed by atoms with van der Waals surface area (Å²) in [5, 5.41) is 3.34. The highest BCUT2D eigenvalue weighted by Gasteiger charge is 2.29. The van der Waals surface area contributed by atoms with Gasteiger partial charge in [0.25, 0.3) is 0 Å². The Morgan fingerprint density at radius 1 is 1.44 bits per heavy atom. The summed E-state index contributed by atoms with van der Waals surface area (Å²) in [4.78, 5) is 0. The molecule has 0 amide bonds. The standard InChI is InChI=1S/C13H17F2NO2/c1-13(6-7-17-9-13)16-8-10-4-2-3-5-11(10)18-12(14)15/h2-5,12,16H,6-9H2,1H3. The quantitative estimate of drug-likeness (QED) is 0.879. The monoisotopic (exact) mass is 257 g/mol. The molecule has 100 valence electrons. The minimum Gasteiger partial charge on any atom is -0.434 e. The number of alkyl halides is 2. The average Bonchev–Trinajstić information content (AvgIpc) is 2.75. The van der Waals surface area contributed by atoms with E-state index in [9.17, 15) is 8.78 Å². The van der Waals surface area contributed by atoms with Crippen molar-refractivity contribution in [3.63, 3.8) is 0 Å². The van der Waals surface area contributed by atoms with Gasteiger partial charge in [-0.05, 0) is 19.4 Å². The van der Waals surface area contributed by atoms with Crippen molar-refractivity contribution in [1.82, 2.24) is 5.32 Å². The van der Waals surface area contributed by atoms with Gasteiger partial charge < -0.3 is 14.8 Å². The van der Waals surface area contributed by atoms with E-state index in [2.05, 4.69) is 17.0 Å². The van der Waals surface area contributed by atoms with E-state index < -0.39 is 6.61 Å². The maximum Gasteiger partial charge on any atom is 0.387 e. The third-order valence-electron chi connectivity index (χ3n) is 3.11. The molecule has 0 saturated carbocycles. The van der Waals surface area contributed by atoms with Crippen molar-refractivity contribution < 1.29 is 18.3 Å². The smallest absolute Gasteiger partial charge is 0.387 e. The van der Waals surface area contributed by atoms with Crippen molar-refractivity contribution >= 4 is 0 Å². The Bertz CT molecular complexity index is 392. The molecule has 1 heterocycles. The second-order valence-corrected chi connectivity index (χ2v) is 4.70. The van der Waals surface area contributed by atoms with Gasteiger partial charge in [-0.2, -0.15) is 8.78 Å². The van der Waals surface area contributed by atoms with Crippen molar-refractivity contribution in [3.05, 3.63) is 29.8 Å². The first-order chi connectivity index (χ1) is 8.59. The van der Waals surface area contributed by atoms with Crippen molar-refractivity contribution in [2.24, 2.45) is 0 Å². The highest BCUT2D eigenvalue weighted by Crippen LogP contribution is 2.23. The molecule has 1 aliphatic heterocycles. The molecule has 5 heteroatoms. The highest BCUT2D eigenvalue weighted by molar-refractivity contribution is 5.33. The van der Waals surface area contributed by atoms with Gasteiger partial charge >= 0.3 is 6.61 Å². The second-order valence-electron chi connectivity index (χ2n) is 4.70. The zero-order valence-electron chi connectivity index (χ0n) is 10.3. The zero-order chi connectivity index (χ0) is 13.0. The first-order valence-corrected chi connectivity index (χ1v) is 5.95. The van der Waals surface area contributed by atoms with Crippen LogP contribution in [0.4, 0.5) is 8.78 Å². The molecule has 0 aromatic heterocycles. The second kappa shape index (κ2) is 5.63. The number of hydrogen-bond acceptors (Lipinski definition) is 3. The molecular weight excluding hydrogens is 240 g/mol. The summed E-state index contributed by atoms with van der Waals surface area (Å²) in [7, 11) is 0. The Morgan fingerprint density at radius 3 is 2.89 bits per heavy atom. The van der Waals surface area contributed by atoms with Crippen LogP contribution in [0.25, 0.3) is 0 Å². The number of rotatable bonds is 5. The van der Waals surface area contributed by atoms with Crippen LogP contribution in [-0.4, -0.2) is 25.4 Å². The zero-order valence-corrected chi connectivity index (χ0v) is 10.3. The highest BCUT2D eigenvalue weighted by atomic mass is 19.3. The summed E-state index contributed by atoms with van der Waals surface area (Å²) in [5.74, 6) is 0.225. The van der Waals surface area contributed by atoms with Crippen LogP contribution in [0.5, 0.6) is 5.75 Å². The number of halogens is 2. The lowest BCUT2D eigenvalue weighted by Gasteiger charge is -2.24. The van der Waals surface area contributed by atoms with E-state index >= 15 is 0 Å². The molecule has 18 heavy (non-hydrogen) atoms. The fourth-order valence-electron chi connectivity index (χ4n) is 1.98. The van der Waals surface area contributed by atoms with Crippen LogP contribution in [-0.2, 0) is 11.3 Å². The van der Waals surface area contributed by atoms with Gasteiger partial charge in [0.15, 0.2) is 0 Å². The topological polar surface area (TPSA) is 30.5 Å². The molecule has 1 saturated heterocycles. The molecule has 1 atom stereocenters. The number of nitrogens with one attached hydrogen (secondary N) is 1. The minimum atomic E-state index is -2.79. The van der Waals surface area contributed by atoms with Crippen LogP contribution in [0.1, 0.15) is 18.9 Å². The number of ether oxygens (including phenoxy) is 2. The fourth-order valence-corrected chi connectivity index (χ4v) is 1.98. The first-order valence-electron chi connectivity index (χ1n) is 5.95. The van der Waals surface area contributed by atoms with Gasteiger partial charge in [0.1, 0.15) is 5.75 Å². The lowest BCUT2D eigenvalue weighted by molar-refractivity contribution is -0.0505. The van der Waals surface area contributed by atoms with Crippen LogP contribution >= 0.6 is 0 Å². The summed E-state index contributed by atoms with van der Waals surface area (Å²) in [6.07, 6.45) is 0.921. The van der Waals surface area contributed by atoms with Crippen molar-refractivity contribution in [3.8, 4) is 5.75 Å². The van der Waals surface area contributed by atoms with Crippen LogP contribution in [0.15, 0.2) is 24.3 Å². The summed E-state index contributed by atoms with van der Waals surface area (Å²) in [6.45, 7) is 1.14. The lowest BCUT2D eigenvalue weighted by Crippen LogP contribution is -2.42. The average molecular weight is 257 g/mol. The van der Waals surface area contributed by atoms with E-state index in [1.807, 2.05) is 6.07 Å². The number of para-hydroxylation sites is 1. The molecule has 0 bridgehead atoms. The predicted molar refractivity (Wildman–Crippen MR) is 63.8 cm³/mol. The molecule has 1 N–H and O–H groups in total. The summed E-state index contributed by atoms with van der Waals surface area (Å²) >= 11 is 0. The van der Waals surface area contributed by atoms with Gasteiger partial charge in [-0.15, -0.1) is 0 Å². The maximum atomic E-state index is 12.3. The minimum absolute atomic E-state index is 0.0854. The SMILES string of the molecule is CC1(NCc2ccccc2OC(F)F)CCOC1. The Balaban J connectivity index is 2.00.